The Morgan fingerprint density at radius 2 is 1.95 bits per heavy atom. The van der Waals surface area contributed by atoms with Crippen molar-refractivity contribution in [2.24, 2.45) is 11.3 Å². The molecule has 4 nitrogen and oxygen atoms in total. The van der Waals surface area contributed by atoms with Gasteiger partial charge >= 0.3 is 0 Å². The van der Waals surface area contributed by atoms with Crippen LogP contribution in [0.1, 0.15) is 46.5 Å². The highest BCUT2D eigenvalue weighted by atomic mass is 35.5. The zero-order chi connectivity index (χ0) is 13.9. The van der Waals surface area contributed by atoms with E-state index >= 15 is 0 Å². The molecule has 2 fully saturated rings. The van der Waals surface area contributed by atoms with Crippen LogP contribution in [-0.2, 0) is 9.53 Å². The summed E-state index contributed by atoms with van der Waals surface area (Å²) >= 11 is 0. The molecule has 118 valence electrons. The van der Waals surface area contributed by atoms with Gasteiger partial charge in [-0.05, 0) is 24.2 Å². The molecule has 1 saturated carbocycles. The SMILES string of the molecule is CC(C)(C)C1CCCCC1NC(=O)C1CNCCO1.Cl. The molecule has 3 atom stereocenters. The lowest BCUT2D eigenvalue weighted by Crippen LogP contribution is -2.53. The van der Waals surface area contributed by atoms with E-state index in [2.05, 4.69) is 31.4 Å². The maximum Gasteiger partial charge on any atom is 0.250 e. The number of hydrogen-bond donors (Lipinski definition) is 2. The third-order valence-electron chi connectivity index (χ3n) is 4.43. The van der Waals surface area contributed by atoms with Crippen LogP contribution < -0.4 is 10.6 Å². The topological polar surface area (TPSA) is 50.4 Å². The number of amides is 1. The van der Waals surface area contributed by atoms with Crippen LogP contribution in [0.5, 0.6) is 0 Å². The van der Waals surface area contributed by atoms with Gasteiger partial charge < -0.3 is 15.4 Å². The van der Waals surface area contributed by atoms with Crippen LogP contribution in [0.4, 0.5) is 0 Å². The average molecular weight is 305 g/mol. The average Bonchev–Trinajstić information content (AvgIpc) is 2.39. The van der Waals surface area contributed by atoms with Crippen molar-refractivity contribution in [2.75, 3.05) is 19.7 Å². The van der Waals surface area contributed by atoms with E-state index < -0.39 is 0 Å². The Balaban J connectivity index is 0.00000200. The van der Waals surface area contributed by atoms with Crippen LogP contribution in [-0.4, -0.2) is 37.7 Å². The monoisotopic (exact) mass is 304 g/mol. The Bertz CT molecular complexity index is 311. The number of carbonyl (C=O) groups is 1. The van der Waals surface area contributed by atoms with Crippen LogP contribution in [0.25, 0.3) is 0 Å². The molecule has 0 aromatic heterocycles. The van der Waals surface area contributed by atoms with Crippen LogP contribution in [0.2, 0.25) is 0 Å². The van der Waals surface area contributed by atoms with Gasteiger partial charge in [0, 0.05) is 19.1 Å². The molecule has 0 bridgehead atoms. The van der Waals surface area contributed by atoms with Gasteiger partial charge in [0.25, 0.3) is 5.91 Å². The van der Waals surface area contributed by atoms with Crippen molar-refractivity contribution in [3.05, 3.63) is 0 Å². The molecule has 2 aliphatic rings. The zero-order valence-corrected chi connectivity index (χ0v) is 13.7. The Morgan fingerprint density at radius 1 is 1.25 bits per heavy atom. The van der Waals surface area contributed by atoms with E-state index in [1.165, 1.54) is 19.3 Å². The first-order valence-electron chi connectivity index (χ1n) is 7.61. The van der Waals surface area contributed by atoms with E-state index in [1.807, 2.05) is 0 Å². The minimum Gasteiger partial charge on any atom is -0.366 e. The third kappa shape index (κ3) is 4.61. The van der Waals surface area contributed by atoms with Gasteiger partial charge in [0.05, 0.1) is 6.61 Å². The fourth-order valence-corrected chi connectivity index (χ4v) is 3.35. The number of halogens is 1. The summed E-state index contributed by atoms with van der Waals surface area (Å²) in [6.45, 7) is 8.95. The Labute approximate surface area is 128 Å². The molecule has 1 saturated heterocycles. The summed E-state index contributed by atoms with van der Waals surface area (Å²) in [5, 5.41) is 6.45. The fourth-order valence-electron chi connectivity index (χ4n) is 3.35. The van der Waals surface area contributed by atoms with Crippen molar-refractivity contribution in [1.29, 1.82) is 0 Å². The lowest BCUT2D eigenvalue weighted by molar-refractivity contribution is -0.136. The molecule has 2 N–H and O–H groups in total. The van der Waals surface area contributed by atoms with Gasteiger partial charge in [-0.1, -0.05) is 33.6 Å². The second kappa shape index (κ2) is 7.62. The largest absolute Gasteiger partial charge is 0.366 e. The molecule has 0 aromatic carbocycles. The molecule has 5 heteroatoms. The molecule has 1 amide bonds. The van der Waals surface area contributed by atoms with Crippen molar-refractivity contribution in [3.63, 3.8) is 0 Å². The number of nitrogens with one attached hydrogen (secondary N) is 2. The van der Waals surface area contributed by atoms with Crippen molar-refractivity contribution in [2.45, 2.75) is 58.6 Å². The molecule has 3 unspecified atom stereocenters. The molecule has 2 rings (SSSR count). The predicted octanol–water partition coefficient (Wildman–Crippen LogP) is 2.12. The van der Waals surface area contributed by atoms with Crippen LogP contribution in [0, 0.1) is 11.3 Å². The summed E-state index contributed by atoms with van der Waals surface area (Å²) in [4.78, 5) is 12.3. The standard InChI is InChI=1S/C15H28N2O2.ClH/c1-15(2,3)11-6-4-5-7-12(11)17-14(18)13-10-16-8-9-19-13;/h11-13,16H,4-10H2,1-3H3,(H,17,18);1H. The zero-order valence-electron chi connectivity index (χ0n) is 12.9. The molecular formula is C15H29ClN2O2. The number of carbonyl (C=O) groups excluding carboxylic acids is 1. The van der Waals surface area contributed by atoms with Gasteiger partial charge in [-0.2, -0.15) is 0 Å². The number of ether oxygens (including phenoxy) is 1. The number of hydrogen-bond acceptors (Lipinski definition) is 3. The minimum atomic E-state index is -0.309. The van der Waals surface area contributed by atoms with Crippen molar-refractivity contribution in [1.82, 2.24) is 10.6 Å². The predicted molar refractivity (Wildman–Crippen MR) is 83.2 cm³/mol. The first-order valence-corrected chi connectivity index (χ1v) is 7.61. The highest BCUT2D eigenvalue weighted by Gasteiger charge is 2.36. The number of rotatable bonds is 2. The second-order valence-corrected chi connectivity index (χ2v) is 6.94. The highest BCUT2D eigenvalue weighted by Crippen LogP contribution is 2.38. The quantitative estimate of drug-likeness (QED) is 0.821. The molecule has 1 aliphatic carbocycles. The van der Waals surface area contributed by atoms with Gasteiger partial charge in [-0.25, -0.2) is 0 Å². The normalized spacial score (nSPS) is 31.2. The van der Waals surface area contributed by atoms with Crippen molar-refractivity contribution < 1.29 is 9.53 Å². The second-order valence-electron chi connectivity index (χ2n) is 6.94. The molecule has 1 heterocycles. The van der Waals surface area contributed by atoms with Crippen LogP contribution in [0.3, 0.4) is 0 Å². The summed E-state index contributed by atoms with van der Waals surface area (Å²) in [6.07, 6.45) is 4.53. The number of morpholine rings is 1. The molecule has 1 aliphatic heterocycles. The van der Waals surface area contributed by atoms with Gasteiger partial charge in [-0.15, -0.1) is 12.4 Å². The Kier molecular flexibility index (Phi) is 6.76. The summed E-state index contributed by atoms with van der Waals surface area (Å²) in [5.41, 5.74) is 0.254. The van der Waals surface area contributed by atoms with E-state index in [1.54, 1.807) is 0 Å². The lowest BCUT2D eigenvalue weighted by Gasteiger charge is -2.41. The summed E-state index contributed by atoms with van der Waals surface area (Å²) < 4.78 is 5.53. The van der Waals surface area contributed by atoms with Gasteiger partial charge in [0.2, 0.25) is 0 Å². The molecule has 20 heavy (non-hydrogen) atoms. The summed E-state index contributed by atoms with van der Waals surface area (Å²) in [5.74, 6) is 0.634. The summed E-state index contributed by atoms with van der Waals surface area (Å²) in [6, 6.07) is 0.312. The van der Waals surface area contributed by atoms with E-state index in [0.717, 1.165) is 13.0 Å². The van der Waals surface area contributed by atoms with Crippen LogP contribution >= 0.6 is 12.4 Å². The van der Waals surface area contributed by atoms with E-state index in [4.69, 9.17) is 4.74 Å². The van der Waals surface area contributed by atoms with E-state index in [9.17, 15) is 4.79 Å². The minimum absolute atomic E-state index is 0. The molecular weight excluding hydrogens is 276 g/mol. The Morgan fingerprint density at radius 3 is 2.55 bits per heavy atom. The molecule has 0 spiro atoms. The van der Waals surface area contributed by atoms with Gasteiger partial charge in [-0.3, -0.25) is 4.79 Å². The van der Waals surface area contributed by atoms with Crippen molar-refractivity contribution >= 4 is 18.3 Å². The first kappa shape index (κ1) is 17.7. The summed E-state index contributed by atoms with van der Waals surface area (Å²) in [7, 11) is 0. The first-order chi connectivity index (χ1) is 8.98. The van der Waals surface area contributed by atoms with Crippen LogP contribution in [0.15, 0.2) is 0 Å². The van der Waals surface area contributed by atoms with E-state index in [0.29, 0.717) is 25.1 Å². The fraction of sp³-hybridized carbons (Fsp3) is 0.933. The Hall–Kier alpha value is -0.320. The molecule has 0 aromatic rings. The smallest absolute Gasteiger partial charge is 0.250 e. The van der Waals surface area contributed by atoms with Gasteiger partial charge in [0.15, 0.2) is 0 Å². The van der Waals surface area contributed by atoms with E-state index in [-0.39, 0.29) is 29.8 Å². The van der Waals surface area contributed by atoms with Gasteiger partial charge in [0.1, 0.15) is 6.10 Å². The third-order valence-corrected chi connectivity index (χ3v) is 4.43. The highest BCUT2D eigenvalue weighted by molar-refractivity contribution is 5.85. The maximum absolute atomic E-state index is 12.3. The molecule has 0 radical (unpaired) electrons. The lowest BCUT2D eigenvalue weighted by atomic mass is 9.69. The van der Waals surface area contributed by atoms with Crippen molar-refractivity contribution in [3.8, 4) is 0 Å². The maximum atomic E-state index is 12.3.